The van der Waals surface area contributed by atoms with Crippen LogP contribution in [0.4, 0.5) is 5.69 Å². The molecule has 0 aliphatic heterocycles. The van der Waals surface area contributed by atoms with Gasteiger partial charge in [-0.15, -0.1) is 0 Å². The molecule has 1 amide bonds. The smallest absolute Gasteiger partial charge is 0.251 e. The van der Waals surface area contributed by atoms with E-state index in [0.717, 1.165) is 5.69 Å². The van der Waals surface area contributed by atoms with Crippen LogP contribution in [0.25, 0.3) is 0 Å². The number of nitrogens with one attached hydrogen (secondary N) is 2. The molecule has 1 aliphatic carbocycles. The summed E-state index contributed by atoms with van der Waals surface area (Å²) in [7, 11) is 0. The molecule has 4 heteroatoms. The number of rotatable bonds is 4. The van der Waals surface area contributed by atoms with Gasteiger partial charge in [0.1, 0.15) is 0 Å². The highest BCUT2D eigenvalue weighted by atomic mass is 16.1. The highest BCUT2D eigenvalue weighted by Crippen LogP contribution is 2.27. The SMILES string of the molecule is CC(NC(=O)c1ccc(NN)cc1)C1CCCC1. The maximum Gasteiger partial charge on any atom is 0.251 e. The van der Waals surface area contributed by atoms with Crippen molar-refractivity contribution >= 4 is 11.6 Å². The van der Waals surface area contributed by atoms with Crippen LogP contribution in [0.2, 0.25) is 0 Å². The third-order valence-electron chi connectivity index (χ3n) is 3.78. The molecule has 0 radical (unpaired) electrons. The molecular weight excluding hydrogens is 226 g/mol. The molecule has 2 rings (SSSR count). The number of anilines is 1. The third-order valence-corrected chi connectivity index (χ3v) is 3.78. The molecule has 4 nitrogen and oxygen atoms in total. The average Bonchev–Trinajstić information content (AvgIpc) is 2.92. The van der Waals surface area contributed by atoms with Crippen molar-refractivity contribution in [1.82, 2.24) is 5.32 Å². The number of carbonyl (C=O) groups excluding carboxylic acids is 1. The Labute approximate surface area is 108 Å². The molecule has 0 aromatic heterocycles. The maximum absolute atomic E-state index is 12.0. The Morgan fingerprint density at radius 2 is 1.89 bits per heavy atom. The summed E-state index contributed by atoms with van der Waals surface area (Å²) in [6.45, 7) is 2.10. The van der Waals surface area contributed by atoms with Gasteiger partial charge >= 0.3 is 0 Å². The van der Waals surface area contributed by atoms with Gasteiger partial charge in [-0.2, -0.15) is 0 Å². The first-order chi connectivity index (χ1) is 8.70. The van der Waals surface area contributed by atoms with Crippen molar-refractivity contribution in [3.63, 3.8) is 0 Å². The number of amides is 1. The third kappa shape index (κ3) is 3.01. The predicted molar refractivity (Wildman–Crippen MR) is 73.1 cm³/mol. The Hall–Kier alpha value is -1.55. The maximum atomic E-state index is 12.0. The van der Waals surface area contributed by atoms with Gasteiger partial charge in [0.05, 0.1) is 0 Å². The minimum absolute atomic E-state index is 0.00188. The van der Waals surface area contributed by atoms with Gasteiger partial charge in [-0.25, -0.2) is 0 Å². The number of hydrogen-bond acceptors (Lipinski definition) is 3. The zero-order valence-electron chi connectivity index (χ0n) is 10.8. The van der Waals surface area contributed by atoms with E-state index < -0.39 is 0 Å². The van der Waals surface area contributed by atoms with E-state index in [2.05, 4.69) is 17.7 Å². The number of benzene rings is 1. The number of nitrogen functional groups attached to an aromatic ring is 1. The Balaban J connectivity index is 1.93. The lowest BCUT2D eigenvalue weighted by Crippen LogP contribution is -2.37. The summed E-state index contributed by atoms with van der Waals surface area (Å²) in [5.74, 6) is 5.92. The van der Waals surface area contributed by atoms with Crippen LogP contribution < -0.4 is 16.6 Å². The minimum Gasteiger partial charge on any atom is -0.349 e. The molecule has 1 fully saturated rings. The van der Waals surface area contributed by atoms with Crippen molar-refractivity contribution < 1.29 is 4.79 Å². The van der Waals surface area contributed by atoms with Gasteiger partial charge in [0, 0.05) is 17.3 Å². The fourth-order valence-electron chi connectivity index (χ4n) is 2.58. The Bertz CT molecular complexity index is 396. The summed E-state index contributed by atoms with van der Waals surface area (Å²) in [6.07, 6.45) is 5.05. The second kappa shape index (κ2) is 5.87. The number of carbonyl (C=O) groups is 1. The zero-order chi connectivity index (χ0) is 13.0. The lowest BCUT2D eigenvalue weighted by molar-refractivity contribution is 0.0927. The summed E-state index contributed by atoms with van der Waals surface area (Å²) < 4.78 is 0. The molecule has 0 saturated heterocycles. The van der Waals surface area contributed by atoms with Crippen LogP contribution in [0.1, 0.15) is 43.0 Å². The second-order valence-electron chi connectivity index (χ2n) is 5.03. The van der Waals surface area contributed by atoms with Gasteiger partial charge < -0.3 is 10.7 Å². The van der Waals surface area contributed by atoms with E-state index in [4.69, 9.17) is 5.84 Å². The molecule has 0 bridgehead atoms. The average molecular weight is 247 g/mol. The first-order valence-corrected chi connectivity index (χ1v) is 6.58. The van der Waals surface area contributed by atoms with Gasteiger partial charge in [-0.05, 0) is 49.9 Å². The summed E-state index contributed by atoms with van der Waals surface area (Å²) in [5, 5.41) is 3.08. The highest BCUT2D eigenvalue weighted by molar-refractivity contribution is 5.94. The summed E-state index contributed by atoms with van der Waals surface area (Å²) >= 11 is 0. The largest absolute Gasteiger partial charge is 0.349 e. The van der Waals surface area contributed by atoms with Gasteiger partial charge in [0.15, 0.2) is 0 Å². The van der Waals surface area contributed by atoms with Crippen molar-refractivity contribution in [2.45, 2.75) is 38.6 Å². The molecule has 0 spiro atoms. The lowest BCUT2D eigenvalue weighted by Gasteiger charge is -2.20. The topological polar surface area (TPSA) is 67.2 Å². The standard InChI is InChI=1S/C14H21N3O/c1-10(11-4-2-3-5-11)16-14(18)12-6-8-13(17-15)9-7-12/h6-11,17H,2-5,15H2,1H3,(H,16,18). The normalized spacial score (nSPS) is 17.4. The van der Waals surface area contributed by atoms with E-state index in [1.165, 1.54) is 25.7 Å². The second-order valence-corrected chi connectivity index (χ2v) is 5.03. The van der Waals surface area contributed by atoms with Gasteiger partial charge in [0.2, 0.25) is 0 Å². The van der Waals surface area contributed by atoms with E-state index in [1.807, 2.05) is 0 Å². The lowest BCUT2D eigenvalue weighted by atomic mass is 9.99. The van der Waals surface area contributed by atoms with Crippen molar-refractivity contribution in [3.05, 3.63) is 29.8 Å². The van der Waals surface area contributed by atoms with Crippen molar-refractivity contribution in [1.29, 1.82) is 0 Å². The summed E-state index contributed by atoms with van der Waals surface area (Å²) in [5.41, 5.74) is 4.03. The molecule has 1 aliphatic rings. The molecule has 1 unspecified atom stereocenters. The van der Waals surface area contributed by atoms with Crippen molar-refractivity contribution in [2.24, 2.45) is 11.8 Å². The van der Waals surface area contributed by atoms with E-state index in [-0.39, 0.29) is 11.9 Å². The minimum atomic E-state index is -0.00188. The van der Waals surface area contributed by atoms with Gasteiger partial charge in [-0.3, -0.25) is 10.6 Å². The van der Waals surface area contributed by atoms with Crippen molar-refractivity contribution in [3.8, 4) is 0 Å². The molecule has 1 aromatic rings. The van der Waals surface area contributed by atoms with Gasteiger partial charge in [-0.1, -0.05) is 12.8 Å². The van der Waals surface area contributed by atoms with E-state index in [0.29, 0.717) is 11.5 Å². The molecule has 4 N–H and O–H groups in total. The first-order valence-electron chi connectivity index (χ1n) is 6.58. The number of hydrazine groups is 1. The van der Waals surface area contributed by atoms with Crippen LogP contribution in [0.3, 0.4) is 0 Å². The Kier molecular flexibility index (Phi) is 4.20. The fraction of sp³-hybridized carbons (Fsp3) is 0.500. The summed E-state index contributed by atoms with van der Waals surface area (Å²) in [6, 6.07) is 7.43. The highest BCUT2D eigenvalue weighted by Gasteiger charge is 2.22. The first kappa shape index (κ1) is 12.9. The fourth-order valence-corrected chi connectivity index (χ4v) is 2.58. The number of hydrogen-bond donors (Lipinski definition) is 3. The molecule has 1 atom stereocenters. The van der Waals surface area contributed by atoms with Gasteiger partial charge in [0.25, 0.3) is 5.91 Å². The Morgan fingerprint density at radius 3 is 2.44 bits per heavy atom. The predicted octanol–water partition coefficient (Wildman–Crippen LogP) is 2.28. The van der Waals surface area contributed by atoms with Crippen molar-refractivity contribution in [2.75, 3.05) is 5.43 Å². The van der Waals surface area contributed by atoms with E-state index in [9.17, 15) is 4.79 Å². The van der Waals surface area contributed by atoms with Crippen LogP contribution in [0.15, 0.2) is 24.3 Å². The molecule has 1 aromatic carbocycles. The Morgan fingerprint density at radius 1 is 1.28 bits per heavy atom. The van der Waals surface area contributed by atoms with Crippen LogP contribution >= 0.6 is 0 Å². The van der Waals surface area contributed by atoms with Crippen LogP contribution in [0, 0.1) is 5.92 Å². The molecule has 1 saturated carbocycles. The van der Waals surface area contributed by atoms with E-state index in [1.54, 1.807) is 24.3 Å². The molecular formula is C14H21N3O. The number of nitrogens with two attached hydrogens (primary N) is 1. The molecule has 18 heavy (non-hydrogen) atoms. The monoisotopic (exact) mass is 247 g/mol. The molecule has 0 heterocycles. The van der Waals surface area contributed by atoms with Crippen LogP contribution in [-0.2, 0) is 0 Å². The quantitative estimate of drug-likeness (QED) is 0.565. The van der Waals surface area contributed by atoms with Crippen LogP contribution in [-0.4, -0.2) is 11.9 Å². The molecule has 98 valence electrons. The zero-order valence-corrected chi connectivity index (χ0v) is 10.8. The summed E-state index contributed by atoms with van der Waals surface area (Å²) in [4.78, 5) is 12.0. The van der Waals surface area contributed by atoms with E-state index >= 15 is 0 Å². The van der Waals surface area contributed by atoms with Crippen LogP contribution in [0.5, 0.6) is 0 Å².